The molecule has 0 unspecified atom stereocenters. The maximum absolute atomic E-state index is 12.3. The number of hydrazine groups is 1. The van der Waals surface area contributed by atoms with E-state index in [1.54, 1.807) is 17.9 Å². The number of nitrogens with two attached hydrogens (primary N) is 1. The van der Waals surface area contributed by atoms with Crippen LogP contribution in [0.5, 0.6) is 0 Å². The van der Waals surface area contributed by atoms with E-state index >= 15 is 0 Å². The molecule has 8 nitrogen and oxygen atoms in total. The molecule has 114 valence electrons. The Morgan fingerprint density at radius 1 is 1.48 bits per heavy atom. The fraction of sp³-hybridized carbons (Fsp3) is 0.273. The van der Waals surface area contributed by atoms with Gasteiger partial charge in [-0.3, -0.25) is 4.68 Å². The zero-order valence-electron chi connectivity index (χ0n) is 11.2. The van der Waals surface area contributed by atoms with Crippen molar-refractivity contribution in [3.63, 3.8) is 0 Å². The summed E-state index contributed by atoms with van der Waals surface area (Å²) in [4.78, 5) is 3.91. The van der Waals surface area contributed by atoms with E-state index in [9.17, 15) is 8.42 Å². The number of nitrogens with zero attached hydrogens (tertiary/aromatic N) is 3. The molecule has 2 aromatic heterocycles. The van der Waals surface area contributed by atoms with Gasteiger partial charge in [0.25, 0.3) is 0 Å². The van der Waals surface area contributed by atoms with Crippen LogP contribution in [0, 0.1) is 0 Å². The molecule has 0 atom stereocenters. The van der Waals surface area contributed by atoms with Gasteiger partial charge in [0.05, 0.1) is 0 Å². The minimum atomic E-state index is -3.71. The van der Waals surface area contributed by atoms with Crippen LogP contribution in [0.25, 0.3) is 0 Å². The van der Waals surface area contributed by atoms with E-state index in [1.165, 1.54) is 12.3 Å². The first-order valence-electron chi connectivity index (χ1n) is 6.03. The van der Waals surface area contributed by atoms with Crippen LogP contribution < -0.4 is 16.0 Å². The lowest BCUT2D eigenvalue weighted by molar-refractivity contribution is 0.579. The number of hydrogen-bond donors (Lipinski definition) is 3. The first-order valence-corrected chi connectivity index (χ1v) is 8.30. The second kappa shape index (κ2) is 6.52. The van der Waals surface area contributed by atoms with Crippen LogP contribution in [0.4, 0.5) is 5.82 Å². The van der Waals surface area contributed by atoms with Gasteiger partial charge in [-0.05, 0) is 28.1 Å². The molecule has 0 bridgehead atoms. The molecule has 0 amide bonds. The summed E-state index contributed by atoms with van der Waals surface area (Å²) < 4.78 is 29.3. The standard InChI is InChI=1S/C11H15BrN6O2S/c1-18-9(2-4-15-18)3-5-16-21(19,20)10-6-8(12)7-14-11(10)17-13/h2,4,6-7,16H,3,5,13H2,1H3,(H,14,17). The van der Waals surface area contributed by atoms with Crippen LogP contribution in [0.2, 0.25) is 0 Å². The van der Waals surface area contributed by atoms with Crippen molar-refractivity contribution in [3.8, 4) is 0 Å². The zero-order valence-corrected chi connectivity index (χ0v) is 13.6. The van der Waals surface area contributed by atoms with Crippen molar-refractivity contribution in [2.75, 3.05) is 12.0 Å². The summed E-state index contributed by atoms with van der Waals surface area (Å²) in [7, 11) is -1.90. The van der Waals surface area contributed by atoms with Gasteiger partial charge in [-0.25, -0.2) is 24.0 Å². The molecular weight excluding hydrogens is 360 g/mol. The van der Waals surface area contributed by atoms with Crippen LogP contribution in [0.3, 0.4) is 0 Å². The zero-order chi connectivity index (χ0) is 15.5. The molecule has 2 heterocycles. The number of aryl methyl sites for hydroxylation is 1. The number of halogens is 1. The first-order chi connectivity index (χ1) is 9.94. The lowest BCUT2D eigenvalue weighted by Crippen LogP contribution is -2.28. The Morgan fingerprint density at radius 2 is 2.24 bits per heavy atom. The van der Waals surface area contributed by atoms with Gasteiger partial charge in [0.2, 0.25) is 10.0 Å². The highest BCUT2D eigenvalue weighted by Crippen LogP contribution is 2.21. The van der Waals surface area contributed by atoms with Crippen molar-refractivity contribution >= 4 is 31.8 Å². The summed E-state index contributed by atoms with van der Waals surface area (Å²) in [6.45, 7) is 0.248. The summed E-state index contributed by atoms with van der Waals surface area (Å²) in [6.07, 6.45) is 3.66. The number of rotatable bonds is 6. The highest BCUT2D eigenvalue weighted by atomic mass is 79.9. The Balaban J connectivity index is 2.12. The van der Waals surface area contributed by atoms with Gasteiger partial charge >= 0.3 is 0 Å². The summed E-state index contributed by atoms with van der Waals surface area (Å²) >= 11 is 3.19. The van der Waals surface area contributed by atoms with E-state index in [0.29, 0.717) is 10.9 Å². The van der Waals surface area contributed by atoms with Crippen molar-refractivity contribution in [1.29, 1.82) is 0 Å². The van der Waals surface area contributed by atoms with Crippen LogP contribution in [-0.2, 0) is 23.5 Å². The molecule has 4 N–H and O–H groups in total. The van der Waals surface area contributed by atoms with Gasteiger partial charge < -0.3 is 5.43 Å². The average Bonchev–Trinajstić information content (AvgIpc) is 2.84. The second-order valence-corrected chi connectivity index (χ2v) is 6.89. The topological polar surface area (TPSA) is 115 Å². The molecule has 0 radical (unpaired) electrons. The predicted octanol–water partition coefficient (Wildman–Crippen LogP) is 0.384. The van der Waals surface area contributed by atoms with Gasteiger partial charge in [0.1, 0.15) is 4.90 Å². The summed E-state index contributed by atoms with van der Waals surface area (Å²) in [6, 6.07) is 3.27. The lowest BCUT2D eigenvalue weighted by Gasteiger charge is -2.10. The molecule has 10 heteroatoms. The van der Waals surface area contributed by atoms with Gasteiger partial charge in [0, 0.05) is 42.6 Å². The molecule has 0 aliphatic carbocycles. The Bertz CT molecular complexity index is 730. The minimum Gasteiger partial charge on any atom is -0.307 e. The van der Waals surface area contributed by atoms with Gasteiger partial charge in [-0.1, -0.05) is 0 Å². The third-order valence-corrected chi connectivity index (χ3v) is 4.75. The lowest BCUT2D eigenvalue weighted by atomic mass is 10.3. The molecule has 0 aromatic carbocycles. The molecule has 0 saturated carbocycles. The second-order valence-electron chi connectivity index (χ2n) is 4.24. The Kier molecular flexibility index (Phi) is 4.93. The molecule has 0 fully saturated rings. The highest BCUT2D eigenvalue weighted by Gasteiger charge is 2.19. The van der Waals surface area contributed by atoms with Gasteiger partial charge in [-0.2, -0.15) is 5.10 Å². The maximum atomic E-state index is 12.3. The number of nitrogen functional groups attached to an aromatic ring is 1. The SMILES string of the molecule is Cn1nccc1CCNS(=O)(=O)c1cc(Br)cnc1NN. The number of anilines is 1. The number of hydrogen-bond acceptors (Lipinski definition) is 6. The Morgan fingerprint density at radius 3 is 2.86 bits per heavy atom. The molecule has 21 heavy (non-hydrogen) atoms. The minimum absolute atomic E-state index is 0.00983. The van der Waals surface area contributed by atoms with Crippen LogP contribution in [0.15, 0.2) is 33.9 Å². The van der Waals surface area contributed by atoms with Crippen LogP contribution in [-0.4, -0.2) is 29.7 Å². The molecule has 0 spiro atoms. The van der Waals surface area contributed by atoms with E-state index in [2.05, 4.69) is 36.2 Å². The maximum Gasteiger partial charge on any atom is 0.244 e. The van der Waals surface area contributed by atoms with Crippen molar-refractivity contribution in [2.45, 2.75) is 11.3 Å². The summed E-state index contributed by atoms with van der Waals surface area (Å²) in [5.74, 6) is 5.38. The van der Waals surface area contributed by atoms with E-state index in [0.717, 1.165) is 5.69 Å². The monoisotopic (exact) mass is 374 g/mol. The smallest absolute Gasteiger partial charge is 0.244 e. The molecule has 2 rings (SSSR count). The average molecular weight is 375 g/mol. The van der Waals surface area contributed by atoms with E-state index in [-0.39, 0.29) is 17.3 Å². The normalized spacial score (nSPS) is 11.6. The fourth-order valence-electron chi connectivity index (χ4n) is 1.77. The molecular formula is C11H15BrN6O2S. The van der Waals surface area contributed by atoms with Crippen LogP contribution >= 0.6 is 15.9 Å². The molecule has 0 saturated heterocycles. The number of sulfonamides is 1. The largest absolute Gasteiger partial charge is 0.307 e. The highest BCUT2D eigenvalue weighted by molar-refractivity contribution is 9.10. The summed E-state index contributed by atoms with van der Waals surface area (Å²) in [5.41, 5.74) is 3.21. The van der Waals surface area contributed by atoms with Crippen molar-refractivity contribution in [1.82, 2.24) is 19.5 Å². The number of pyridine rings is 1. The van der Waals surface area contributed by atoms with Crippen molar-refractivity contribution in [3.05, 3.63) is 34.7 Å². The fourth-order valence-corrected chi connectivity index (χ4v) is 3.43. The third-order valence-electron chi connectivity index (χ3n) is 2.84. The predicted molar refractivity (Wildman–Crippen MR) is 81.8 cm³/mol. The number of nitrogens with one attached hydrogen (secondary N) is 2. The molecule has 0 aliphatic rings. The molecule has 0 aliphatic heterocycles. The molecule has 2 aromatic rings. The third kappa shape index (κ3) is 3.79. The van der Waals surface area contributed by atoms with Gasteiger partial charge in [0.15, 0.2) is 5.82 Å². The Hall–Kier alpha value is -1.49. The van der Waals surface area contributed by atoms with E-state index < -0.39 is 10.0 Å². The number of aromatic nitrogens is 3. The quantitative estimate of drug-likeness (QED) is 0.497. The van der Waals surface area contributed by atoms with Gasteiger partial charge in [-0.15, -0.1) is 0 Å². The van der Waals surface area contributed by atoms with Crippen molar-refractivity contribution < 1.29 is 8.42 Å². The Labute approximate surface area is 130 Å². The first kappa shape index (κ1) is 15.9. The van der Waals surface area contributed by atoms with E-state index in [4.69, 9.17) is 5.84 Å². The van der Waals surface area contributed by atoms with Crippen LogP contribution in [0.1, 0.15) is 5.69 Å². The van der Waals surface area contributed by atoms with E-state index in [1.807, 2.05) is 6.07 Å². The summed E-state index contributed by atoms with van der Waals surface area (Å²) in [5, 5.41) is 4.03. The van der Waals surface area contributed by atoms with Crippen molar-refractivity contribution in [2.24, 2.45) is 12.9 Å².